The predicted molar refractivity (Wildman–Crippen MR) is 159 cm³/mol. The van der Waals surface area contributed by atoms with Crippen LogP contribution in [0.5, 0.6) is 5.88 Å². The van der Waals surface area contributed by atoms with E-state index < -0.39 is 15.4 Å². The van der Waals surface area contributed by atoms with E-state index in [-0.39, 0.29) is 17.5 Å². The molecular weight excluding hydrogens is 528 g/mol. The first-order chi connectivity index (χ1) is 19.0. The number of carbonyl (C=O) groups is 1. The third-order valence-corrected chi connectivity index (χ3v) is 9.11. The van der Waals surface area contributed by atoms with Crippen molar-refractivity contribution in [3.63, 3.8) is 0 Å². The molecule has 1 amide bonds. The zero-order valence-electron chi connectivity index (χ0n) is 23.9. The lowest BCUT2D eigenvalue weighted by Crippen LogP contribution is -2.43. The van der Waals surface area contributed by atoms with Gasteiger partial charge in [-0.25, -0.2) is 13.4 Å². The molecule has 1 fully saturated rings. The SMILES string of the molecule is CN(C)CCCOc1ncc(-c2ccc3ncc4c(c3c2)C2(CCC2)C(=O)N4C)cc1NS(=O)(=O)CCN(C)C. The van der Waals surface area contributed by atoms with E-state index in [1.165, 1.54) is 0 Å². The Hall–Kier alpha value is -3.28. The number of pyridine rings is 2. The number of benzene rings is 1. The first-order valence-electron chi connectivity index (χ1n) is 13.7. The molecule has 1 saturated carbocycles. The molecule has 0 radical (unpaired) electrons. The maximum atomic E-state index is 13.2. The summed E-state index contributed by atoms with van der Waals surface area (Å²) in [6, 6.07) is 7.73. The van der Waals surface area contributed by atoms with E-state index in [9.17, 15) is 13.2 Å². The van der Waals surface area contributed by atoms with Gasteiger partial charge >= 0.3 is 0 Å². The quantitative estimate of drug-likeness (QED) is 0.352. The van der Waals surface area contributed by atoms with Gasteiger partial charge in [0.05, 0.1) is 35.2 Å². The van der Waals surface area contributed by atoms with E-state index >= 15 is 0 Å². The molecule has 2 aliphatic rings. The zero-order valence-corrected chi connectivity index (χ0v) is 24.7. The third-order valence-electron chi connectivity index (χ3n) is 7.85. The zero-order chi connectivity index (χ0) is 28.7. The van der Waals surface area contributed by atoms with E-state index in [0.717, 1.165) is 65.5 Å². The summed E-state index contributed by atoms with van der Waals surface area (Å²) in [5.74, 6) is 0.335. The molecule has 1 aromatic carbocycles. The second-order valence-corrected chi connectivity index (χ2v) is 13.2. The normalized spacial score (nSPS) is 16.2. The molecule has 11 heteroatoms. The molecular formula is C29H38N6O4S. The third kappa shape index (κ3) is 5.37. The first-order valence-corrected chi connectivity index (χ1v) is 15.3. The van der Waals surface area contributed by atoms with Crippen molar-refractivity contribution < 1.29 is 17.9 Å². The molecule has 5 rings (SSSR count). The van der Waals surface area contributed by atoms with Gasteiger partial charge in [0.1, 0.15) is 5.69 Å². The molecule has 10 nitrogen and oxygen atoms in total. The molecule has 214 valence electrons. The van der Waals surface area contributed by atoms with Crippen LogP contribution in [0.3, 0.4) is 0 Å². The van der Waals surface area contributed by atoms with E-state index in [2.05, 4.69) is 19.6 Å². The Morgan fingerprint density at radius 3 is 2.45 bits per heavy atom. The largest absolute Gasteiger partial charge is 0.476 e. The van der Waals surface area contributed by atoms with E-state index in [4.69, 9.17) is 4.74 Å². The molecule has 1 N–H and O–H groups in total. The summed E-state index contributed by atoms with van der Waals surface area (Å²) in [5.41, 5.74) is 4.18. The van der Waals surface area contributed by atoms with Gasteiger partial charge < -0.3 is 19.4 Å². The maximum Gasteiger partial charge on any atom is 0.238 e. The second kappa shape index (κ2) is 10.9. The molecule has 2 aromatic heterocycles. The Morgan fingerprint density at radius 1 is 1.02 bits per heavy atom. The number of amides is 1. The van der Waals surface area contributed by atoms with Crippen molar-refractivity contribution >= 4 is 38.2 Å². The van der Waals surface area contributed by atoms with Crippen LogP contribution in [0.4, 0.5) is 11.4 Å². The molecule has 1 spiro atoms. The lowest BCUT2D eigenvalue weighted by molar-refractivity contribution is -0.125. The van der Waals surface area contributed by atoms with Crippen molar-refractivity contribution in [2.24, 2.45) is 0 Å². The minimum atomic E-state index is -3.63. The number of rotatable bonds is 11. The van der Waals surface area contributed by atoms with Gasteiger partial charge in [-0.05, 0) is 71.2 Å². The van der Waals surface area contributed by atoms with Crippen molar-refractivity contribution in [1.82, 2.24) is 19.8 Å². The monoisotopic (exact) mass is 566 g/mol. The number of aromatic nitrogens is 2. The van der Waals surface area contributed by atoms with Gasteiger partial charge in [-0.2, -0.15) is 0 Å². The Morgan fingerprint density at radius 2 is 1.77 bits per heavy atom. The smallest absolute Gasteiger partial charge is 0.238 e. The Kier molecular flexibility index (Phi) is 7.73. The first kappa shape index (κ1) is 28.3. The molecule has 40 heavy (non-hydrogen) atoms. The van der Waals surface area contributed by atoms with Crippen LogP contribution in [0.15, 0.2) is 36.7 Å². The fraction of sp³-hybridized carbons (Fsp3) is 0.483. The van der Waals surface area contributed by atoms with Gasteiger partial charge in [0.15, 0.2) is 0 Å². The lowest BCUT2D eigenvalue weighted by atomic mass is 9.64. The number of anilines is 2. The number of likely N-dealkylation sites (N-methyl/N-ethyl adjacent to an activating group) is 1. The highest BCUT2D eigenvalue weighted by Gasteiger charge is 2.54. The topological polar surface area (TPSA) is 108 Å². The summed E-state index contributed by atoms with van der Waals surface area (Å²) in [5, 5.41) is 0.949. The number of ether oxygens (including phenoxy) is 1. The van der Waals surface area contributed by atoms with Gasteiger partial charge in [0, 0.05) is 42.8 Å². The van der Waals surface area contributed by atoms with Crippen molar-refractivity contribution in [2.45, 2.75) is 31.1 Å². The van der Waals surface area contributed by atoms with E-state index in [1.807, 2.05) is 58.3 Å². The fourth-order valence-corrected chi connectivity index (χ4v) is 6.71. The highest BCUT2D eigenvalue weighted by atomic mass is 32.2. The number of sulfonamides is 1. The van der Waals surface area contributed by atoms with Gasteiger partial charge in [-0.3, -0.25) is 14.5 Å². The molecule has 0 bridgehead atoms. The van der Waals surface area contributed by atoms with E-state index in [1.54, 1.807) is 23.4 Å². The summed E-state index contributed by atoms with van der Waals surface area (Å²) in [7, 11) is 5.84. The Labute approximate surface area is 236 Å². The summed E-state index contributed by atoms with van der Waals surface area (Å²) >= 11 is 0. The van der Waals surface area contributed by atoms with Crippen LogP contribution < -0.4 is 14.4 Å². The van der Waals surface area contributed by atoms with Crippen LogP contribution >= 0.6 is 0 Å². The van der Waals surface area contributed by atoms with Crippen LogP contribution in [-0.4, -0.2) is 94.8 Å². The minimum Gasteiger partial charge on any atom is -0.476 e. The Bertz CT molecular complexity index is 1540. The van der Waals surface area contributed by atoms with Crippen molar-refractivity contribution in [1.29, 1.82) is 0 Å². The van der Waals surface area contributed by atoms with Crippen molar-refractivity contribution in [3.05, 3.63) is 42.2 Å². The van der Waals surface area contributed by atoms with Crippen molar-refractivity contribution in [2.75, 3.05) is 70.3 Å². The number of carbonyl (C=O) groups excluding carboxylic acids is 1. The number of nitrogens with zero attached hydrogens (tertiary/aromatic N) is 5. The summed E-state index contributed by atoms with van der Waals surface area (Å²) in [6.07, 6.45) is 6.99. The highest BCUT2D eigenvalue weighted by molar-refractivity contribution is 7.92. The fourth-order valence-electron chi connectivity index (χ4n) is 5.52. The molecule has 1 aliphatic carbocycles. The average Bonchev–Trinajstić information content (AvgIpc) is 3.12. The summed E-state index contributed by atoms with van der Waals surface area (Å²) < 4.78 is 34.5. The van der Waals surface area contributed by atoms with Crippen LogP contribution in [0, 0.1) is 0 Å². The minimum absolute atomic E-state index is 0.0539. The van der Waals surface area contributed by atoms with Gasteiger partial charge in [0.25, 0.3) is 0 Å². The predicted octanol–water partition coefficient (Wildman–Crippen LogP) is 3.33. The highest BCUT2D eigenvalue weighted by Crippen LogP contribution is 2.55. The Balaban J connectivity index is 1.52. The summed E-state index contributed by atoms with van der Waals surface area (Å²) in [6.45, 7) is 1.64. The molecule has 3 aromatic rings. The van der Waals surface area contributed by atoms with Crippen molar-refractivity contribution in [3.8, 4) is 17.0 Å². The van der Waals surface area contributed by atoms with Gasteiger partial charge in [0.2, 0.25) is 21.8 Å². The van der Waals surface area contributed by atoms with Gasteiger partial charge in [-0.1, -0.05) is 12.5 Å². The maximum absolute atomic E-state index is 13.2. The number of hydrogen-bond acceptors (Lipinski definition) is 8. The molecule has 0 atom stereocenters. The van der Waals surface area contributed by atoms with Gasteiger partial charge in [-0.15, -0.1) is 0 Å². The summed E-state index contributed by atoms with van der Waals surface area (Å²) in [4.78, 5) is 28.0. The van der Waals surface area contributed by atoms with E-state index in [0.29, 0.717) is 18.8 Å². The standard InChI is InChI=1S/C29H38N6O4S/c1-33(2)12-7-14-39-27-24(32-40(37,38)15-13-34(3)4)17-21(18-31-27)20-8-9-23-22(16-20)26-25(19-30-23)35(5)28(36)29(26)10-6-11-29/h8-9,16-19,32H,6-7,10-15H2,1-5H3. The average molecular weight is 567 g/mol. The van der Waals surface area contributed by atoms with Crippen LogP contribution in [0.25, 0.3) is 22.0 Å². The molecule has 0 unspecified atom stereocenters. The number of fused-ring (bicyclic) bond motifs is 4. The van der Waals surface area contributed by atoms with Crippen LogP contribution in [0.2, 0.25) is 0 Å². The molecule has 0 saturated heterocycles. The molecule has 1 aliphatic heterocycles. The van der Waals surface area contributed by atoms with Crippen LogP contribution in [0.1, 0.15) is 31.2 Å². The number of hydrogen-bond donors (Lipinski definition) is 1. The number of nitrogens with one attached hydrogen (secondary N) is 1. The van der Waals surface area contributed by atoms with Crippen LogP contribution in [-0.2, 0) is 20.2 Å². The molecule has 3 heterocycles. The second-order valence-electron chi connectivity index (χ2n) is 11.4. The lowest BCUT2D eigenvalue weighted by Gasteiger charge is -2.37.